The number of benzene rings is 2. The molecule has 2 rings (SSSR count). The summed E-state index contributed by atoms with van der Waals surface area (Å²) in [6, 6.07) is 0.243. The van der Waals surface area contributed by atoms with Crippen LogP contribution in [0.3, 0.4) is 0 Å². The maximum atomic E-state index is 14.1. The van der Waals surface area contributed by atoms with Crippen molar-refractivity contribution in [3.05, 3.63) is 64.0 Å². The molecule has 0 fully saturated rings. The Hall–Kier alpha value is -2.85. The highest BCUT2D eigenvalue weighted by atomic mass is 19.4. The molecule has 0 amide bonds. The number of hydrogen-bond donors (Lipinski definition) is 1. The van der Waals surface area contributed by atoms with Crippen molar-refractivity contribution in [1.82, 2.24) is 0 Å². The summed E-state index contributed by atoms with van der Waals surface area (Å²) in [7, 11) is 0. The van der Waals surface area contributed by atoms with Gasteiger partial charge in [-0.1, -0.05) is 13.8 Å². The summed E-state index contributed by atoms with van der Waals surface area (Å²) in [6.45, 7) is 2.62. The topological polar surface area (TPSA) is 38.3 Å². The van der Waals surface area contributed by atoms with Gasteiger partial charge in [-0.05, 0) is 31.0 Å². The predicted molar refractivity (Wildman–Crippen MR) is 94.5 cm³/mol. The highest BCUT2D eigenvalue weighted by molar-refractivity contribution is 5.79. The van der Waals surface area contributed by atoms with E-state index < -0.39 is 82.2 Å². The Morgan fingerprint density at radius 2 is 1.55 bits per heavy atom. The molecule has 0 heterocycles. The maximum Gasteiger partial charge on any atom is 0.416 e. The van der Waals surface area contributed by atoms with Gasteiger partial charge in [0.15, 0.2) is 23.3 Å². The first-order chi connectivity index (χ1) is 14.3. The van der Waals surface area contributed by atoms with E-state index in [4.69, 9.17) is 4.74 Å². The normalized spacial score (nSPS) is 12.8. The molecule has 1 unspecified atom stereocenters. The van der Waals surface area contributed by atoms with Gasteiger partial charge < -0.3 is 10.1 Å². The molecule has 0 saturated heterocycles. The molecule has 3 nitrogen and oxygen atoms in total. The van der Waals surface area contributed by atoms with Crippen molar-refractivity contribution < 1.29 is 44.7 Å². The van der Waals surface area contributed by atoms with E-state index in [1.165, 1.54) is 13.8 Å². The lowest BCUT2D eigenvalue weighted by atomic mass is 10.0. The number of esters is 1. The number of hydrogen-bond acceptors (Lipinski definition) is 3. The van der Waals surface area contributed by atoms with Crippen LogP contribution in [-0.2, 0) is 22.3 Å². The van der Waals surface area contributed by atoms with Gasteiger partial charge in [0.05, 0.1) is 16.8 Å². The number of anilines is 1. The molecule has 2 aromatic rings. The van der Waals surface area contributed by atoms with Crippen molar-refractivity contribution in [3.63, 3.8) is 0 Å². The Morgan fingerprint density at radius 3 is 2.00 bits per heavy atom. The van der Waals surface area contributed by atoms with Crippen LogP contribution < -0.4 is 5.32 Å². The Balaban J connectivity index is 2.22. The zero-order chi connectivity index (χ0) is 23.7. The van der Waals surface area contributed by atoms with E-state index in [1.807, 2.05) is 0 Å². The third-order valence-corrected chi connectivity index (χ3v) is 4.46. The zero-order valence-electron chi connectivity index (χ0n) is 16.4. The summed E-state index contributed by atoms with van der Waals surface area (Å²) in [5, 5.41) is 2.37. The average molecular weight is 455 g/mol. The molecular formula is C20H17F8NO2. The fourth-order valence-electron chi connectivity index (χ4n) is 2.62. The van der Waals surface area contributed by atoms with E-state index in [2.05, 4.69) is 5.32 Å². The molecule has 1 atom stereocenters. The van der Waals surface area contributed by atoms with Gasteiger partial charge in [-0.3, -0.25) is 0 Å². The Kier molecular flexibility index (Phi) is 7.17. The van der Waals surface area contributed by atoms with E-state index in [9.17, 15) is 39.9 Å². The molecule has 0 saturated carbocycles. The summed E-state index contributed by atoms with van der Waals surface area (Å²) >= 11 is 0. The van der Waals surface area contributed by atoms with E-state index >= 15 is 0 Å². The third-order valence-electron chi connectivity index (χ3n) is 4.46. The molecule has 0 bridgehead atoms. The van der Waals surface area contributed by atoms with Crippen molar-refractivity contribution in [1.29, 1.82) is 0 Å². The second kappa shape index (κ2) is 9.11. The lowest BCUT2D eigenvalue weighted by Gasteiger charge is -2.23. The van der Waals surface area contributed by atoms with Crippen LogP contribution in [-0.4, -0.2) is 12.0 Å². The lowest BCUT2D eigenvalue weighted by Crippen LogP contribution is -2.36. The van der Waals surface area contributed by atoms with Gasteiger partial charge in [0.2, 0.25) is 0 Å². The van der Waals surface area contributed by atoms with E-state index in [0.29, 0.717) is 6.07 Å². The molecular weight excluding hydrogens is 438 g/mol. The van der Waals surface area contributed by atoms with Crippen LogP contribution in [0.2, 0.25) is 0 Å². The highest BCUT2D eigenvalue weighted by Crippen LogP contribution is 2.32. The van der Waals surface area contributed by atoms with Crippen LogP contribution in [0, 0.1) is 41.9 Å². The first-order valence-corrected chi connectivity index (χ1v) is 8.87. The van der Waals surface area contributed by atoms with Crippen molar-refractivity contribution in [2.45, 2.75) is 39.6 Å². The van der Waals surface area contributed by atoms with Gasteiger partial charge in [0, 0.05) is 5.56 Å². The first-order valence-electron chi connectivity index (χ1n) is 8.87. The molecule has 11 heteroatoms. The van der Waals surface area contributed by atoms with Crippen LogP contribution >= 0.6 is 0 Å². The Bertz CT molecular complexity index is 959. The maximum absolute atomic E-state index is 14.1. The Labute approximate surface area is 172 Å². The number of carbonyl (C=O) groups is 1. The molecule has 1 N–H and O–H groups in total. The van der Waals surface area contributed by atoms with Gasteiger partial charge in [-0.2, -0.15) is 13.2 Å². The van der Waals surface area contributed by atoms with Gasteiger partial charge in [-0.25, -0.2) is 26.7 Å². The van der Waals surface area contributed by atoms with Crippen molar-refractivity contribution in [2.24, 2.45) is 5.92 Å². The molecule has 31 heavy (non-hydrogen) atoms. The highest BCUT2D eigenvalue weighted by Gasteiger charge is 2.32. The number of alkyl halides is 3. The minimum absolute atomic E-state index is 0.230. The zero-order valence-corrected chi connectivity index (χ0v) is 16.4. The fraction of sp³-hybridized carbons (Fsp3) is 0.350. The largest absolute Gasteiger partial charge is 0.459 e. The summed E-state index contributed by atoms with van der Waals surface area (Å²) in [6.07, 6.45) is -4.78. The minimum Gasteiger partial charge on any atom is -0.459 e. The monoisotopic (exact) mass is 455 g/mol. The van der Waals surface area contributed by atoms with Gasteiger partial charge in [0.1, 0.15) is 18.5 Å². The molecule has 170 valence electrons. The first kappa shape index (κ1) is 24.4. The molecule has 0 aliphatic heterocycles. The van der Waals surface area contributed by atoms with Crippen molar-refractivity contribution in [2.75, 3.05) is 5.32 Å². The van der Waals surface area contributed by atoms with E-state index in [-0.39, 0.29) is 6.07 Å². The van der Waals surface area contributed by atoms with E-state index in [1.54, 1.807) is 0 Å². The summed E-state index contributed by atoms with van der Waals surface area (Å²) in [5.41, 5.74) is -3.73. The number of nitrogens with one attached hydrogen (secondary N) is 1. The smallest absolute Gasteiger partial charge is 0.416 e. The predicted octanol–water partition coefficient (Wildman–Crippen LogP) is 5.89. The molecule has 0 aromatic heterocycles. The molecule has 0 spiro atoms. The summed E-state index contributed by atoms with van der Waals surface area (Å²) in [5.74, 6) is -9.83. The quantitative estimate of drug-likeness (QED) is 0.336. The van der Waals surface area contributed by atoms with Crippen LogP contribution in [0.25, 0.3) is 0 Å². The SMILES string of the molecule is Cc1c(F)c(F)c(COC(=O)C(Nc2ccc(C(F)(F)F)cc2F)C(C)C)c(F)c1F. The molecule has 0 aliphatic carbocycles. The lowest BCUT2D eigenvalue weighted by molar-refractivity contribution is -0.147. The van der Waals surface area contributed by atoms with Crippen LogP contribution in [0.15, 0.2) is 18.2 Å². The number of halogens is 8. The molecule has 2 aromatic carbocycles. The summed E-state index contributed by atoms with van der Waals surface area (Å²) in [4.78, 5) is 12.3. The number of rotatable bonds is 6. The minimum atomic E-state index is -4.78. The molecule has 0 radical (unpaired) electrons. The van der Waals surface area contributed by atoms with Crippen LogP contribution in [0.1, 0.15) is 30.5 Å². The Morgan fingerprint density at radius 1 is 1.00 bits per heavy atom. The van der Waals surface area contributed by atoms with Crippen molar-refractivity contribution >= 4 is 11.7 Å². The fourth-order valence-corrected chi connectivity index (χ4v) is 2.62. The summed E-state index contributed by atoms with van der Waals surface area (Å²) < 4.78 is 112. The second-order valence-electron chi connectivity index (χ2n) is 7.03. The van der Waals surface area contributed by atoms with Crippen molar-refractivity contribution in [3.8, 4) is 0 Å². The number of carbonyl (C=O) groups excluding carboxylic acids is 1. The van der Waals surface area contributed by atoms with E-state index in [0.717, 1.165) is 13.0 Å². The van der Waals surface area contributed by atoms with Crippen LogP contribution in [0.4, 0.5) is 40.8 Å². The second-order valence-corrected chi connectivity index (χ2v) is 7.03. The third kappa shape index (κ3) is 5.26. The molecule has 0 aliphatic rings. The van der Waals surface area contributed by atoms with Gasteiger partial charge >= 0.3 is 12.1 Å². The van der Waals surface area contributed by atoms with Gasteiger partial charge in [0.25, 0.3) is 0 Å². The standard InChI is InChI=1S/C20H17F8NO2/c1-8(2)18(29-13-5-4-10(6-12(13)21)20(26,27)28)19(30)31-7-11-16(24)14(22)9(3)15(23)17(11)25/h4-6,8,18,29H,7H2,1-3H3. The number of ether oxygens (including phenoxy) is 1. The van der Waals surface area contributed by atoms with Crippen LogP contribution in [0.5, 0.6) is 0 Å². The average Bonchev–Trinajstić information content (AvgIpc) is 2.68. The van der Waals surface area contributed by atoms with Gasteiger partial charge in [-0.15, -0.1) is 0 Å².